The average molecular weight is 309 g/mol. The highest BCUT2D eigenvalue weighted by molar-refractivity contribution is 7.89. The number of hydrogen-bond donors (Lipinski definition) is 0. The SMILES string of the molecule is Cc1ccc(CN(C)S(=O)(=O)c2cc(C)sc2C)cc1. The molecule has 0 aliphatic rings. The summed E-state index contributed by atoms with van der Waals surface area (Å²) in [6.45, 7) is 6.18. The molecule has 2 aromatic rings. The minimum Gasteiger partial charge on any atom is -0.207 e. The van der Waals surface area contributed by atoms with E-state index in [1.165, 1.54) is 21.2 Å². The fourth-order valence-corrected chi connectivity index (χ4v) is 4.75. The van der Waals surface area contributed by atoms with Gasteiger partial charge in [0.05, 0.1) is 4.90 Å². The van der Waals surface area contributed by atoms with Crippen LogP contribution < -0.4 is 0 Å². The molecule has 0 unspecified atom stereocenters. The van der Waals surface area contributed by atoms with Crippen molar-refractivity contribution < 1.29 is 8.42 Å². The zero-order valence-corrected chi connectivity index (χ0v) is 13.8. The number of rotatable bonds is 4. The highest BCUT2D eigenvalue weighted by Gasteiger charge is 2.24. The lowest BCUT2D eigenvalue weighted by Gasteiger charge is -2.17. The first-order valence-electron chi connectivity index (χ1n) is 6.39. The molecular formula is C15H19NO2S2. The maximum atomic E-state index is 12.6. The van der Waals surface area contributed by atoms with Crippen LogP contribution in [0.25, 0.3) is 0 Å². The Labute approximate surface area is 124 Å². The molecule has 1 aromatic carbocycles. The molecule has 0 saturated carbocycles. The number of aryl methyl sites for hydroxylation is 3. The van der Waals surface area contributed by atoms with Gasteiger partial charge in [0.2, 0.25) is 10.0 Å². The maximum absolute atomic E-state index is 12.6. The van der Waals surface area contributed by atoms with Gasteiger partial charge in [0, 0.05) is 23.3 Å². The summed E-state index contributed by atoms with van der Waals surface area (Å²) >= 11 is 1.52. The zero-order valence-electron chi connectivity index (χ0n) is 12.2. The number of thiophene rings is 1. The quantitative estimate of drug-likeness (QED) is 0.867. The third kappa shape index (κ3) is 3.11. The summed E-state index contributed by atoms with van der Waals surface area (Å²) in [5.41, 5.74) is 2.16. The Balaban J connectivity index is 2.25. The maximum Gasteiger partial charge on any atom is 0.244 e. The molecule has 0 N–H and O–H groups in total. The molecule has 20 heavy (non-hydrogen) atoms. The number of hydrogen-bond acceptors (Lipinski definition) is 3. The Morgan fingerprint density at radius 2 is 1.70 bits per heavy atom. The van der Waals surface area contributed by atoms with Crippen LogP contribution in [0.5, 0.6) is 0 Å². The van der Waals surface area contributed by atoms with Gasteiger partial charge in [0.15, 0.2) is 0 Å². The van der Waals surface area contributed by atoms with Crippen LogP contribution >= 0.6 is 11.3 Å². The van der Waals surface area contributed by atoms with E-state index >= 15 is 0 Å². The van der Waals surface area contributed by atoms with E-state index in [2.05, 4.69) is 0 Å². The summed E-state index contributed by atoms with van der Waals surface area (Å²) in [7, 11) is -1.79. The van der Waals surface area contributed by atoms with Crippen molar-refractivity contribution in [3.63, 3.8) is 0 Å². The highest BCUT2D eigenvalue weighted by Crippen LogP contribution is 2.27. The molecule has 2 rings (SSSR count). The van der Waals surface area contributed by atoms with Gasteiger partial charge in [-0.2, -0.15) is 4.31 Å². The summed E-state index contributed by atoms with van der Waals surface area (Å²) in [6.07, 6.45) is 0. The largest absolute Gasteiger partial charge is 0.244 e. The smallest absolute Gasteiger partial charge is 0.207 e. The van der Waals surface area contributed by atoms with Gasteiger partial charge in [-0.25, -0.2) is 8.42 Å². The molecule has 3 nitrogen and oxygen atoms in total. The molecule has 0 fully saturated rings. The second kappa shape index (κ2) is 5.68. The Bertz CT molecular complexity index is 700. The lowest BCUT2D eigenvalue weighted by atomic mass is 10.1. The van der Waals surface area contributed by atoms with E-state index in [-0.39, 0.29) is 0 Å². The van der Waals surface area contributed by atoms with E-state index in [9.17, 15) is 8.42 Å². The third-order valence-electron chi connectivity index (χ3n) is 3.21. The molecule has 0 amide bonds. The van der Waals surface area contributed by atoms with Crippen molar-refractivity contribution in [1.29, 1.82) is 0 Å². The first-order chi connectivity index (χ1) is 9.30. The standard InChI is InChI=1S/C15H19NO2S2/c1-11-5-7-14(8-6-11)10-16(4)20(17,18)15-9-12(2)19-13(15)3/h5-9H,10H2,1-4H3. The van der Waals surface area contributed by atoms with Crippen molar-refractivity contribution in [3.8, 4) is 0 Å². The molecular weight excluding hydrogens is 290 g/mol. The molecule has 0 saturated heterocycles. The van der Waals surface area contributed by atoms with Crippen LogP contribution in [0.4, 0.5) is 0 Å². The second-order valence-corrected chi connectivity index (χ2v) is 8.50. The first kappa shape index (κ1) is 15.2. The molecule has 1 aromatic heterocycles. The minimum atomic E-state index is -3.41. The van der Waals surface area contributed by atoms with E-state index in [0.717, 1.165) is 15.3 Å². The lowest BCUT2D eigenvalue weighted by Crippen LogP contribution is -2.26. The van der Waals surface area contributed by atoms with Crippen LogP contribution in [-0.4, -0.2) is 19.8 Å². The molecule has 0 radical (unpaired) electrons. The van der Waals surface area contributed by atoms with Crippen molar-refractivity contribution >= 4 is 21.4 Å². The van der Waals surface area contributed by atoms with Gasteiger partial charge in [-0.05, 0) is 32.4 Å². The van der Waals surface area contributed by atoms with Crippen molar-refractivity contribution in [2.45, 2.75) is 32.2 Å². The first-order valence-corrected chi connectivity index (χ1v) is 8.65. The number of nitrogens with zero attached hydrogens (tertiary/aromatic N) is 1. The van der Waals surface area contributed by atoms with Gasteiger partial charge >= 0.3 is 0 Å². The van der Waals surface area contributed by atoms with E-state index in [1.54, 1.807) is 13.1 Å². The molecule has 0 aliphatic heterocycles. The number of sulfonamides is 1. The van der Waals surface area contributed by atoms with Crippen molar-refractivity contribution in [1.82, 2.24) is 4.31 Å². The fraction of sp³-hybridized carbons (Fsp3) is 0.333. The highest BCUT2D eigenvalue weighted by atomic mass is 32.2. The van der Waals surface area contributed by atoms with Crippen LogP contribution in [0, 0.1) is 20.8 Å². The fourth-order valence-electron chi connectivity index (χ4n) is 2.07. The summed E-state index contributed by atoms with van der Waals surface area (Å²) in [4.78, 5) is 2.29. The zero-order chi connectivity index (χ0) is 14.9. The van der Waals surface area contributed by atoms with Crippen molar-refractivity contribution in [3.05, 3.63) is 51.2 Å². The van der Waals surface area contributed by atoms with Crippen LogP contribution in [0.15, 0.2) is 35.2 Å². The van der Waals surface area contributed by atoms with Crippen LogP contribution in [0.3, 0.4) is 0 Å². The van der Waals surface area contributed by atoms with E-state index in [0.29, 0.717) is 11.4 Å². The third-order valence-corrected chi connectivity index (χ3v) is 6.23. The topological polar surface area (TPSA) is 37.4 Å². The Hall–Kier alpha value is -1.17. The van der Waals surface area contributed by atoms with E-state index in [4.69, 9.17) is 0 Å². The van der Waals surface area contributed by atoms with Gasteiger partial charge in [-0.3, -0.25) is 0 Å². The predicted octanol–water partition coefficient (Wildman–Crippen LogP) is 3.49. The lowest BCUT2D eigenvalue weighted by molar-refractivity contribution is 0.466. The summed E-state index contributed by atoms with van der Waals surface area (Å²) in [6, 6.07) is 9.67. The minimum absolute atomic E-state index is 0.386. The van der Waals surface area contributed by atoms with E-state index < -0.39 is 10.0 Å². The summed E-state index contributed by atoms with van der Waals surface area (Å²) < 4.78 is 26.5. The van der Waals surface area contributed by atoms with Gasteiger partial charge in [0.25, 0.3) is 0 Å². The van der Waals surface area contributed by atoms with Gasteiger partial charge < -0.3 is 0 Å². The van der Waals surface area contributed by atoms with Gasteiger partial charge in [0.1, 0.15) is 0 Å². The molecule has 0 aliphatic carbocycles. The van der Waals surface area contributed by atoms with Crippen molar-refractivity contribution in [2.24, 2.45) is 0 Å². The van der Waals surface area contributed by atoms with E-state index in [1.807, 2.05) is 45.0 Å². The average Bonchev–Trinajstić information content (AvgIpc) is 2.72. The monoisotopic (exact) mass is 309 g/mol. The number of benzene rings is 1. The van der Waals surface area contributed by atoms with Crippen LogP contribution in [0.2, 0.25) is 0 Å². The molecule has 108 valence electrons. The van der Waals surface area contributed by atoms with Crippen LogP contribution in [0.1, 0.15) is 20.9 Å². The Morgan fingerprint density at radius 3 is 2.20 bits per heavy atom. The molecule has 0 spiro atoms. The second-order valence-electron chi connectivity index (χ2n) is 5.02. The van der Waals surface area contributed by atoms with Crippen LogP contribution in [-0.2, 0) is 16.6 Å². The van der Waals surface area contributed by atoms with Gasteiger partial charge in [-0.1, -0.05) is 29.8 Å². The Morgan fingerprint density at radius 1 is 1.10 bits per heavy atom. The van der Waals surface area contributed by atoms with Gasteiger partial charge in [-0.15, -0.1) is 11.3 Å². The predicted molar refractivity (Wildman–Crippen MR) is 83.6 cm³/mol. The molecule has 0 atom stereocenters. The molecule has 0 bridgehead atoms. The summed E-state index contributed by atoms with van der Waals surface area (Å²) in [5.74, 6) is 0. The molecule has 5 heteroatoms. The molecule has 1 heterocycles. The summed E-state index contributed by atoms with van der Waals surface area (Å²) in [5, 5.41) is 0. The normalized spacial score (nSPS) is 12.1. The van der Waals surface area contributed by atoms with Crippen molar-refractivity contribution in [2.75, 3.05) is 7.05 Å². The Kier molecular flexibility index (Phi) is 4.32.